The Morgan fingerprint density at radius 2 is 1.51 bits per heavy atom. The predicted octanol–water partition coefficient (Wildman–Crippen LogP) is 7.38. The van der Waals surface area contributed by atoms with Crippen LogP contribution >= 0.6 is 0 Å². The Kier molecular flexibility index (Phi) is 11.2. The molecule has 0 saturated heterocycles. The minimum absolute atomic E-state index is 0.0462. The second kappa shape index (κ2) is 15.2. The van der Waals surface area contributed by atoms with Crippen molar-refractivity contribution in [1.82, 2.24) is 10.2 Å². The largest absolute Gasteiger partial charge is 0.508 e. The van der Waals surface area contributed by atoms with Gasteiger partial charge in [-0.1, -0.05) is 92.6 Å². The van der Waals surface area contributed by atoms with E-state index < -0.39 is 35.6 Å². The van der Waals surface area contributed by atoms with Gasteiger partial charge in [-0.15, -0.1) is 0 Å². The fourth-order valence-electron chi connectivity index (χ4n) is 5.21. The molecule has 0 bridgehead atoms. The number of carbonyl (C=O) groups excluding carboxylic acids is 3. The van der Waals surface area contributed by atoms with Crippen molar-refractivity contribution in [3.05, 3.63) is 108 Å². The second-order valence-corrected chi connectivity index (χ2v) is 12.2. The number of phenols is 1. The molecule has 236 valence electrons. The summed E-state index contributed by atoms with van der Waals surface area (Å²) in [5.74, 6) is -0.769. The molecular formula is C37H43N3O5. The standard InChI is InChI=1S/C37H43N3O5/c1-5-6-12-23-40(35(43)32(24-26-13-8-7-9-14-26)39-36(44)45-37(2,3)4)33(28-18-21-31(41)22-19-28)34(42)38-30-20-17-27-15-10-11-16-29(27)25-30/h7-11,13-22,25,32-33,41H,5-6,12,23-24H2,1-4H3,(H,38,42)(H,39,44). The average Bonchev–Trinajstić information content (AvgIpc) is 3.00. The molecule has 0 aliphatic rings. The summed E-state index contributed by atoms with van der Waals surface area (Å²) in [7, 11) is 0. The maximum absolute atomic E-state index is 14.6. The summed E-state index contributed by atoms with van der Waals surface area (Å²) >= 11 is 0. The highest BCUT2D eigenvalue weighted by atomic mass is 16.6. The van der Waals surface area contributed by atoms with Crippen LogP contribution in [0.1, 0.15) is 64.1 Å². The van der Waals surface area contributed by atoms with Gasteiger partial charge >= 0.3 is 6.09 Å². The SMILES string of the molecule is CCCCCN(C(=O)C(Cc1ccccc1)NC(=O)OC(C)(C)C)C(C(=O)Nc1ccc2ccccc2c1)c1ccc(O)cc1. The summed E-state index contributed by atoms with van der Waals surface area (Å²) in [5.41, 5.74) is 1.21. The zero-order valence-corrected chi connectivity index (χ0v) is 26.5. The number of alkyl carbamates (subject to hydrolysis) is 1. The molecule has 0 aliphatic heterocycles. The Hall–Kier alpha value is -4.85. The average molecular weight is 610 g/mol. The number of hydrogen-bond acceptors (Lipinski definition) is 5. The molecule has 0 heterocycles. The van der Waals surface area contributed by atoms with Crippen LogP contribution in [0.5, 0.6) is 5.75 Å². The van der Waals surface area contributed by atoms with Gasteiger partial charge in [-0.25, -0.2) is 4.79 Å². The van der Waals surface area contributed by atoms with Crippen LogP contribution in [0.4, 0.5) is 10.5 Å². The van der Waals surface area contributed by atoms with Gasteiger partial charge in [-0.2, -0.15) is 0 Å². The van der Waals surface area contributed by atoms with E-state index in [1.54, 1.807) is 37.8 Å². The summed E-state index contributed by atoms with van der Waals surface area (Å²) in [5, 5.41) is 17.9. The maximum atomic E-state index is 14.6. The number of benzene rings is 4. The van der Waals surface area contributed by atoms with E-state index in [-0.39, 0.29) is 18.7 Å². The number of rotatable bonds is 12. The Labute approximate surface area is 265 Å². The van der Waals surface area contributed by atoms with Gasteiger partial charge in [-0.05, 0) is 73.4 Å². The number of fused-ring (bicyclic) bond motifs is 1. The molecule has 3 amide bonds. The van der Waals surface area contributed by atoms with Crippen LogP contribution in [0.2, 0.25) is 0 Å². The molecule has 0 spiro atoms. The van der Waals surface area contributed by atoms with Crippen LogP contribution in [0.15, 0.2) is 97.1 Å². The van der Waals surface area contributed by atoms with Crippen LogP contribution in [0.25, 0.3) is 10.8 Å². The van der Waals surface area contributed by atoms with Gasteiger partial charge in [0.2, 0.25) is 5.91 Å². The van der Waals surface area contributed by atoms with Gasteiger partial charge in [0.1, 0.15) is 23.4 Å². The predicted molar refractivity (Wildman–Crippen MR) is 178 cm³/mol. The molecule has 8 heteroatoms. The van der Waals surface area contributed by atoms with Crippen molar-refractivity contribution in [3.63, 3.8) is 0 Å². The van der Waals surface area contributed by atoms with Crippen LogP contribution in [-0.4, -0.2) is 46.1 Å². The first kappa shape index (κ1) is 33.1. The fraction of sp³-hybridized carbons (Fsp3) is 0.324. The lowest BCUT2D eigenvalue weighted by Crippen LogP contribution is -2.53. The highest BCUT2D eigenvalue weighted by Crippen LogP contribution is 2.28. The molecule has 0 fully saturated rings. The molecule has 8 nitrogen and oxygen atoms in total. The van der Waals surface area contributed by atoms with E-state index in [0.717, 1.165) is 29.2 Å². The van der Waals surface area contributed by atoms with Crippen molar-refractivity contribution in [2.45, 2.75) is 71.1 Å². The number of hydrogen-bond donors (Lipinski definition) is 3. The van der Waals surface area contributed by atoms with Crippen molar-refractivity contribution < 1.29 is 24.2 Å². The first-order valence-electron chi connectivity index (χ1n) is 15.5. The Morgan fingerprint density at radius 3 is 2.18 bits per heavy atom. The van der Waals surface area contributed by atoms with Crippen LogP contribution < -0.4 is 10.6 Å². The lowest BCUT2D eigenvalue weighted by molar-refractivity contribution is -0.140. The lowest BCUT2D eigenvalue weighted by Gasteiger charge is -2.34. The number of aromatic hydroxyl groups is 1. The molecule has 4 rings (SSSR count). The van der Waals surface area contributed by atoms with Crippen molar-refractivity contribution in [2.75, 3.05) is 11.9 Å². The summed E-state index contributed by atoms with van der Waals surface area (Å²) in [6.07, 6.45) is 1.91. The van der Waals surface area contributed by atoms with Crippen molar-refractivity contribution in [2.24, 2.45) is 0 Å². The van der Waals surface area contributed by atoms with E-state index >= 15 is 0 Å². The number of anilines is 1. The highest BCUT2D eigenvalue weighted by Gasteiger charge is 2.36. The quantitative estimate of drug-likeness (QED) is 0.145. The fourth-order valence-corrected chi connectivity index (χ4v) is 5.21. The van der Waals surface area contributed by atoms with E-state index in [1.807, 2.05) is 72.8 Å². The number of unbranched alkanes of at least 4 members (excludes halogenated alkanes) is 2. The lowest BCUT2D eigenvalue weighted by atomic mass is 9.99. The van der Waals surface area contributed by atoms with Crippen molar-refractivity contribution >= 4 is 34.4 Å². The monoisotopic (exact) mass is 609 g/mol. The Morgan fingerprint density at radius 1 is 0.844 bits per heavy atom. The van der Waals surface area contributed by atoms with Crippen molar-refractivity contribution in [3.8, 4) is 5.75 Å². The van der Waals surface area contributed by atoms with Gasteiger partial charge in [0.25, 0.3) is 5.91 Å². The smallest absolute Gasteiger partial charge is 0.408 e. The first-order valence-corrected chi connectivity index (χ1v) is 15.5. The summed E-state index contributed by atoms with van der Waals surface area (Å²) in [6, 6.07) is 27.2. The number of ether oxygens (including phenoxy) is 1. The summed E-state index contributed by atoms with van der Waals surface area (Å²) in [6.45, 7) is 7.63. The number of phenolic OH excluding ortho intramolecular Hbond substituents is 1. The number of nitrogens with zero attached hydrogens (tertiary/aromatic N) is 1. The zero-order valence-electron chi connectivity index (χ0n) is 26.5. The molecule has 0 saturated carbocycles. The third-order valence-electron chi connectivity index (χ3n) is 7.34. The van der Waals surface area contributed by atoms with Gasteiger partial charge in [0.05, 0.1) is 0 Å². The number of amides is 3. The van der Waals surface area contributed by atoms with E-state index in [0.29, 0.717) is 17.7 Å². The van der Waals surface area contributed by atoms with E-state index in [9.17, 15) is 19.5 Å². The first-order chi connectivity index (χ1) is 21.5. The second-order valence-electron chi connectivity index (χ2n) is 12.2. The topological polar surface area (TPSA) is 108 Å². The van der Waals surface area contributed by atoms with E-state index in [2.05, 4.69) is 17.6 Å². The number of carbonyl (C=O) groups is 3. The molecule has 2 unspecified atom stereocenters. The third-order valence-corrected chi connectivity index (χ3v) is 7.34. The minimum Gasteiger partial charge on any atom is -0.508 e. The molecule has 4 aromatic rings. The van der Waals surface area contributed by atoms with Gasteiger partial charge in [0, 0.05) is 18.7 Å². The molecule has 0 aromatic heterocycles. The van der Waals surface area contributed by atoms with Gasteiger partial charge in [-0.3, -0.25) is 9.59 Å². The normalized spacial score (nSPS) is 12.6. The summed E-state index contributed by atoms with van der Waals surface area (Å²) in [4.78, 5) is 43.3. The van der Waals surface area contributed by atoms with E-state index in [4.69, 9.17) is 4.74 Å². The minimum atomic E-state index is -1.04. The van der Waals surface area contributed by atoms with Gasteiger partial charge < -0.3 is 25.4 Å². The van der Waals surface area contributed by atoms with Gasteiger partial charge in [0.15, 0.2) is 0 Å². The van der Waals surface area contributed by atoms with E-state index in [1.165, 1.54) is 12.1 Å². The molecule has 45 heavy (non-hydrogen) atoms. The maximum Gasteiger partial charge on any atom is 0.408 e. The highest BCUT2D eigenvalue weighted by molar-refractivity contribution is 6.00. The Bertz CT molecular complexity index is 1580. The van der Waals surface area contributed by atoms with Crippen molar-refractivity contribution in [1.29, 1.82) is 0 Å². The van der Waals surface area contributed by atoms with Crippen LogP contribution in [-0.2, 0) is 20.7 Å². The molecule has 0 aliphatic carbocycles. The molecule has 2 atom stereocenters. The molecule has 4 aromatic carbocycles. The summed E-state index contributed by atoms with van der Waals surface area (Å²) < 4.78 is 5.53. The number of nitrogens with one attached hydrogen (secondary N) is 2. The molecule has 0 radical (unpaired) electrons. The molecular weight excluding hydrogens is 566 g/mol. The molecule has 3 N–H and O–H groups in total. The van der Waals surface area contributed by atoms with Crippen LogP contribution in [0, 0.1) is 0 Å². The third kappa shape index (κ3) is 9.57. The Balaban J connectivity index is 1.74. The van der Waals surface area contributed by atoms with Crippen LogP contribution in [0.3, 0.4) is 0 Å². The zero-order chi connectivity index (χ0) is 32.4.